The molecule has 7 nitrogen and oxygen atoms in total. The zero-order valence-electron chi connectivity index (χ0n) is 17.4. The lowest BCUT2D eigenvalue weighted by Gasteiger charge is -2.19. The lowest BCUT2D eigenvalue weighted by atomic mass is 10.2. The second kappa shape index (κ2) is 10.5. The quantitative estimate of drug-likeness (QED) is 0.129. The van der Waals surface area contributed by atoms with Gasteiger partial charge in [-0.1, -0.05) is 17.4 Å². The van der Waals surface area contributed by atoms with Gasteiger partial charge < -0.3 is 0 Å². The molecule has 0 bridgehead atoms. The van der Waals surface area contributed by atoms with Crippen LogP contribution in [0.25, 0.3) is 10.2 Å². The van der Waals surface area contributed by atoms with Gasteiger partial charge in [0.1, 0.15) is 5.82 Å². The number of carbonyl (C=O) groups excluding carboxylic acids is 1. The van der Waals surface area contributed by atoms with Crippen molar-refractivity contribution in [1.82, 2.24) is 9.97 Å². The van der Waals surface area contributed by atoms with E-state index in [1.165, 1.54) is 35.6 Å². The van der Waals surface area contributed by atoms with E-state index in [0.717, 1.165) is 10.6 Å². The highest BCUT2D eigenvalue weighted by Crippen LogP contribution is 2.32. The van der Waals surface area contributed by atoms with Crippen molar-refractivity contribution in [3.63, 3.8) is 0 Å². The van der Waals surface area contributed by atoms with Crippen LogP contribution in [0.1, 0.15) is 18.5 Å². The lowest BCUT2D eigenvalue weighted by molar-refractivity contribution is -0.384. The average molecular weight is 483 g/mol. The summed E-state index contributed by atoms with van der Waals surface area (Å²) < 4.78 is 13.7. The van der Waals surface area contributed by atoms with E-state index >= 15 is 0 Å². The molecule has 0 saturated carbocycles. The maximum absolute atomic E-state index is 13.2. The number of amides is 1. The molecule has 0 atom stereocenters. The standard InChI is InChI=1S/C23H19FN4O3S2/c24-16-6-9-19(10-7-16)32-13-3-5-22(29)27(15-17-4-1-2-12-25-17)23-26-20-11-8-18(28(30)31)14-21(20)33-23/h1-2,4,6-12,14H,3,5,13,15H2. The Morgan fingerprint density at radius 1 is 1.15 bits per heavy atom. The van der Waals surface area contributed by atoms with E-state index in [2.05, 4.69) is 9.97 Å². The number of fused-ring (bicyclic) bond motifs is 1. The molecule has 0 aliphatic carbocycles. The van der Waals surface area contributed by atoms with E-state index in [1.807, 2.05) is 12.1 Å². The fourth-order valence-electron chi connectivity index (χ4n) is 3.13. The van der Waals surface area contributed by atoms with E-state index in [4.69, 9.17) is 0 Å². The number of nitro benzene ring substituents is 1. The van der Waals surface area contributed by atoms with E-state index in [-0.39, 0.29) is 24.0 Å². The number of aromatic nitrogens is 2. The third kappa shape index (κ3) is 5.91. The molecule has 2 heterocycles. The van der Waals surface area contributed by atoms with Gasteiger partial charge in [0.15, 0.2) is 5.13 Å². The SMILES string of the molecule is O=C(CCCSc1ccc(F)cc1)N(Cc1ccccn1)c1nc2ccc([N+](=O)[O-])cc2s1. The van der Waals surface area contributed by atoms with Crippen molar-refractivity contribution < 1.29 is 14.1 Å². The second-order valence-corrected chi connectivity index (χ2v) is 9.29. The molecule has 4 aromatic rings. The van der Waals surface area contributed by atoms with Crippen molar-refractivity contribution in [3.8, 4) is 0 Å². The summed E-state index contributed by atoms with van der Waals surface area (Å²) in [5, 5.41) is 11.6. The van der Waals surface area contributed by atoms with Crippen LogP contribution < -0.4 is 4.90 Å². The Balaban J connectivity index is 1.49. The summed E-state index contributed by atoms with van der Waals surface area (Å²) in [4.78, 5) is 35.2. The second-order valence-electron chi connectivity index (χ2n) is 7.11. The number of nitro groups is 1. The van der Waals surface area contributed by atoms with Gasteiger partial charge in [0.2, 0.25) is 5.91 Å². The summed E-state index contributed by atoms with van der Waals surface area (Å²) in [6.07, 6.45) is 2.60. The first kappa shape index (κ1) is 22.8. The maximum atomic E-state index is 13.2. The number of non-ortho nitro benzene ring substituents is 1. The number of halogens is 1. The molecule has 0 aliphatic rings. The number of carbonyl (C=O) groups is 1. The van der Waals surface area contributed by atoms with Crippen molar-refractivity contribution in [2.24, 2.45) is 0 Å². The summed E-state index contributed by atoms with van der Waals surface area (Å²) in [5.74, 6) is 0.329. The van der Waals surface area contributed by atoms with Gasteiger partial charge in [0.25, 0.3) is 5.69 Å². The van der Waals surface area contributed by atoms with Crippen molar-refractivity contribution >= 4 is 50.0 Å². The summed E-state index contributed by atoms with van der Waals surface area (Å²) in [6, 6.07) is 16.2. The number of anilines is 1. The van der Waals surface area contributed by atoms with Crippen LogP contribution in [0.15, 0.2) is 71.8 Å². The molecule has 0 unspecified atom stereocenters. The molecule has 2 aromatic heterocycles. The molecule has 33 heavy (non-hydrogen) atoms. The van der Waals surface area contributed by atoms with Crippen LogP contribution >= 0.6 is 23.1 Å². The van der Waals surface area contributed by atoms with Gasteiger partial charge >= 0.3 is 0 Å². The summed E-state index contributed by atoms with van der Waals surface area (Å²) in [6.45, 7) is 0.257. The van der Waals surface area contributed by atoms with Gasteiger partial charge in [-0.25, -0.2) is 9.37 Å². The number of hydrogen-bond acceptors (Lipinski definition) is 7. The normalized spacial score (nSPS) is 10.9. The van der Waals surface area contributed by atoms with Gasteiger partial charge in [-0.15, -0.1) is 11.8 Å². The third-order valence-electron chi connectivity index (χ3n) is 4.77. The van der Waals surface area contributed by atoms with Gasteiger partial charge in [0.05, 0.1) is 27.4 Å². The van der Waals surface area contributed by atoms with Crippen LogP contribution in [0.3, 0.4) is 0 Å². The lowest BCUT2D eigenvalue weighted by Crippen LogP contribution is -2.30. The minimum absolute atomic E-state index is 0.0156. The summed E-state index contributed by atoms with van der Waals surface area (Å²) >= 11 is 2.81. The molecular formula is C23H19FN4O3S2. The van der Waals surface area contributed by atoms with Crippen molar-refractivity contribution in [2.75, 3.05) is 10.7 Å². The largest absolute Gasteiger partial charge is 0.282 e. The molecule has 0 saturated heterocycles. The summed E-state index contributed by atoms with van der Waals surface area (Å²) in [7, 11) is 0. The van der Waals surface area contributed by atoms with E-state index < -0.39 is 4.92 Å². The highest BCUT2D eigenvalue weighted by molar-refractivity contribution is 7.99. The number of rotatable bonds is 9. The first-order valence-electron chi connectivity index (χ1n) is 10.1. The molecule has 0 fully saturated rings. The van der Waals surface area contributed by atoms with Crippen LogP contribution in [0.5, 0.6) is 0 Å². The van der Waals surface area contributed by atoms with Crippen LogP contribution in [-0.4, -0.2) is 26.6 Å². The predicted molar refractivity (Wildman–Crippen MR) is 128 cm³/mol. The third-order valence-corrected chi connectivity index (χ3v) is 6.91. The molecule has 168 valence electrons. The number of benzene rings is 2. The molecule has 0 aliphatic heterocycles. The number of thioether (sulfide) groups is 1. The van der Waals surface area contributed by atoms with Gasteiger partial charge in [-0.2, -0.15) is 0 Å². The van der Waals surface area contributed by atoms with Gasteiger partial charge in [-0.3, -0.25) is 24.8 Å². The topological polar surface area (TPSA) is 89.2 Å². The van der Waals surface area contributed by atoms with E-state index in [1.54, 1.807) is 47.1 Å². The molecule has 4 rings (SSSR count). The van der Waals surface area contributed by atoms with Crippen LogP contribution in [0.4, 0.5) is 15.2 Å². The van der Waals surface area contributed by atoms with Crippen LogP contribution in [0, 0.1) is 15.9 Å². The number of pyridine rings is 1. The Morgan fingerprint density at radius 2 is 1.97 bits per heavy atom. The van der Waals surface area contributed by atoms with Crippen molar-refractivity contribution in [2.45, 2.75) is 24.3 Å². The van der Waals surface area contributed by atoms with E-state index in [9.17, 15) is 19.3 Å². The average Bonchev–Trinajstić information content (AvgIpc) is 3.25. The minimum Gasteiger partial charge on any atom is -0.282 e. The fraction of sp³-hybridized carbons (Fsp3) is 0.174. The van der Waals surface area contributed by atoms with Crippen LogP contribution in [-0.2, 0) is 11.3 Å². The minimum atomic E-state index is -0.450. The Bertz CT molecular complexity index is 1270. The highest BCUT2D eigenvalue weighted by Gasteiger charge is 2.21. The maximum Gasteiger partial charge on any atom is 0.270 e. The zero-order chi connectivity index (χ0) is 23.2. The van der Waals surface area contributed by atoms with Crippen LogP contribution in [0.2, 0.25) is 0 Å². The number of hydrogen-bond donors (Lipinski definition) is 0. The Morgan fingerprint density at radius 3 is 2.70 bits per heavy atom. The molecular weight excluding hydrogens is 463 g/mol. The number of thiazole rings is 1. The van der Waals surface area contributed by atoms with Gasteiger partial charge in [-0.05, 0) is 54.6 Å². The number of nitrogens with zero attached hydrogens (tertiary/aromatic N) is 4. The first-order chi connectivity index (χ1) is 16.0. The van der Waals surface area contributed by atoms with Gasteiger partial charge in [0, 0.05) is 29.6 Å². The zero-order valence-corrected chi connectivity index (χ0v) is 19.0. The Kier molecular flexibility index (Phi) is 7.26. The smallest absolute Gasteiger partial charge is 0.270 e. The van der Waals surface area contributed by atoms with E-state index in [0.29, 0.717) is 33.9 Å². The molecule has 10 heteroatoms. The monoisotopic (exact) mass is 482 g/mol. The van der Waals surface area contributed by atoms with Crippen molar-refractivity contribution in [3.05, 3.63) is 88.5 Å². The highest BCUT2D eigenvalue weighted by atomic mass is 32.2. The molecule has 0 radical (unpaired) electrons. The molecule has 1 amide bonds. The Hall–Kier alpha value is -3.37. The predicted octanol–water partition coefficient (Wildman–Crippen LogP) is 5.84. The first-order valence-corrected chi connectivity index (χ1v) is 11.9. The summed E-state index contributed by atoms with van der Waals surface area (Å²) in [5.41, 5.74) is 1.31. The molecule has 0 spiro atoms. The fourth-order valence-corrected chi connectivity index (χ4v) is 4.99. The Labute approximate surface area is 197 Å². The van der Waals surface area contributed by atoms with Crippen molar-refractivity contribution in [1.29, 1.82) is 0 Å². The molecule has 2 aromatic carbocycles. The molecule has 0 N–H and O–H groups in total.